The van der Waals surface area contributed by atoms with Gasteiger partial charge in [0, 0.05) is 17.5 Å². The van der Waals surface area contributed by atoms with Crippen molar-refractivity contribution in [3.05, 3.63) is 29.3 Å². The van der Waals surface area contributed by atoms with Crippen molar-refractivity contribution in [2.45, 2.75) is 32.1 Å². The van der Waals surface area contributed by atoms with Crippen molar-refractivity contribution in [3.8, 4) is 5.75 Å². The van der Waals surface area contributed by atoms with Crippen molar-refractivity contribution in [1.29, 1.82) is 0 Å². The summed E-state index contributed by atoms with van der Waals surface area (Å²) < 4.78 is 5.75. The maximum Gasteiger partial charge on any atom is 0.120 e. The van der Waals surface area contributed by atoms with Gasteiger partial charge in [-0.3, -0.25) is 0 Å². The average Bonchev–Trinajstić information content (AvgIpc) is 2.41. The van der Waals surface area contributed by atoms with E-state index in [1.165, 1.54) is 32.1 Å². The van der Waals surface area contributed by atoms with E-state index in [1.807, 2.05) is 24.3 Å². The van der Waals surface area contributed by atoms with Gasteiger partial charge in [-0.2, -0.15) is 0 Å². The molecule has 0 radical (unpaired) electrons. The Kier molecular flexibility index (Phi) is 5.33. The summed E-state index contributed by atoms with van der Waals surface area (Å²) in [6.07, 6.45) is 6.37. The van der Waals surface area contributed by atoms with E-state index in [2.05, 4.69) is 0 Å². The van der Waals surface area contributed by atoms with Gasteiger partial charge in [-0.15, -0.1) is 0 Å². The highest BCUT2D eigenvalue weighted by Crippen LogP contribution is 2.30. The largest absolute Gasteiger partial charge is 0.493 e. The summed E-state index contributed by atoms with van der Waals surface area (Å²) in [5.41, 5.74) is 0. The number of hydrogen-bond acceptors (Lipinski definition) is 2. The molecule has 1 N–H and O–H groups in total. The fourth-order valence-electron chi connectivity index (χ4n) is 2.70. The first-order valence-electron chi connectivity index (χ1n) is 6.79. The standard InChI is InChI=1S/C15H21ClO2/c16-14-7-4-8-15(9-14)18-11-13(10-17)12-5-2-1-3-6-12/h4,7-9,12-13,17H,1-3,5-6,10-11H2. The van der Waals surface area contributed by atoms with Gasteiger partial charge in [0.1, 0.15) is 5.75 Å². The molecule has 0 aliphatic heterocycles. The van der Waals surface area contributed by atoms with Crippen LogP contribution in [0.3, 0.4) is 0 Å². The lowest BCUT2D eigenvalue weighted by atomic mass is 9.81. The summed E-state index contributed by atoms with van der Waals surface area (Å²) in [5.74, 6) is 1.66. The second-order valence-electron chi connectivity index (χ2n) is 5.11. The predicted molar refractivity (Wildman–Crippen MR) is 74.1 cm³/mol. The summed E-state index contributed by atoms with van der Waals surface area (Å²) in [7, 11) is 0. The molecule has 2 rings (SSSR count). The molecule has 0 aromatic heterocycles. The van der Waals surface area contributed by atoms with Gasteiger partial charge in [0.25, 0.3) is 0 Å². The first-order valence-corrected chi connectivity index (χ1v) is 7.16. The highest BCUT2D eigenvalue weighted by molar-refractivity contribution is 6.30. The summed E-state index contributed by atoms with van der Waals surface area (Å²) in [4.78, 5) is 0. The Morgan fingerprint density at radius 3 is 2.72 bits per heavy atom. The van der Waals surface area contributed by atoms with Crippen LogP contribution in [0, 0.1) is 11.8 Å². The minimum Gasteiger partial charge on any atom is -0.493 e. The van der Waals surface area contributed by atoms with Crippen LogP contribution < -0.4 is 4.74 Å². The monoisotopic (exact) mass is 268 g/mol. The van der Waals surface area contributed by atoms with Gasteiger partial charge in [-0.25, -0.2) is 0 Å². The first kappa shape index (κ1) is 13.7. The number of rotatable bonds is 5. The average molecular weight is 269 g/mol. The van der Waals surface area contributed by atoms with Gasteiger partial charge in [-0.1, -0.05) is 36.9 Å². The van der Waals surface area contributed by atoms with Gasteiger partial charge >= 0.3 is 0 Å². The van der Waals surface area contributed by atoms with Crippen molar-refractivity contribution in [2.75, 3.05) is 13.2 Å². The summed E-state index contributed by atoms with van der Waals surface area (Å²) >= 11 is 5.91. The van der Waals surface area contributed by atoms with Crippen LogP contribution >= 0.6 is 11.6 Å². The summed E-state index contributed by atoms with van der Waals surface area (Å²) in [6, 6.07) is 7.43. The third-order valence-corrected chi connectivity index (χ3v) is 4.05. The maximum atomic E-state index is 9.50. The van der Waals surface area contributed by atoms with Gasteiger partial charge in [-0.05, 0) is 37.0 Å². The zero-order chi connectivity index (χ0) is 12.8. The first-order chi connectivity index (χ1) is 8.79. The molecule has 1 unspecified atom stereocenters. The van der Waals surface area contributed by atoms with Crippen LogP contribution in [-0.2, 0) is 0 Å². The molecule has 0 heterocycles. The van der Waals surface area contributed by atoms with Crippen molar-refractivity contribution >= 4 is 11.6 Å². The Balaban J connectivity index is 1.86. The van der Waals surface area contributed by atoms with E-state index < -0.39 is 0 Å². The third-order valence-electron chi connectivity index (χ3n) is 3.81. The lowest BCUT2D eigenvalue weighted by molar-refractivity contribution is 0.0983. The lowest BCUT2D eigenvalue weighted by Crippen LogP contribution is -2.26. The molecule has 1 aliphatic carbocycles. The second kappa shape index (κ2) is 7.01. The summed E-state index contributed by atoms with van der Waals surface area (Å²) in [6.45, 7) is 0.798. The summed E-state index contributed by atoms with van der Waals surface area (Å²) in [5, 5.41) is 10.2. The second-order valence-corrected chi connectivity index (χ2v) is 5.55. The van der Waals surface area contributed by atoms with Crippen LogP contribution in [0.15, 0.2) is 24.3 Å². The van der Waals surface area contributed by atoms with Gasteiger partial charge in [0.05, 0.1) is 6.61 Å². The third kappa shape index (κ3) is 3.89. The highest BCUT2D eigenvalue weighted by atomic mass is 35.5. The minimum atomic E-state index is 0.214. The van der Waals surface area contributed by atoms with Crippen LogP contribution in [0.25, 0.3) is 0 Å². The molecule has 1 fully saturated rings. The van der Waals surface area contributed by atoms with Crippen LogP contribution in [0.1, 0.15) is 32.1 Å². The Labute approximate surface area is 114 Å². The molecular weight excluding hydrogens is 248 g/mol. The van der Waals surface area contributed by atoms with Crippen molar-refractivity contribution in [2.24, 2.45) is 11.8 Å². The molecule has 1 saturated carbocycles. The molecule has 1 aromatic carbocycles. The zero-order valence-electron chi connectivity index (χ0n) is 10.6. The van der Waals surface area contributed by atoms with Crippen LogP contribution in [0.4, 0.5) is 0 Å². The Morgan fingerprint density at radius 1 is 1.28 bits per heavy atom. The number of benzene rings is 1. The Morgan fingerprint density at radius 2 is 2.06 bits per heavy atom. The van der Waals surface area contributed by atoms with Crippen molar-refractivity contribution in [3.63, 3.8) is 0 Å². The lowest BCUT2D eigenvalue weighted by Gasteiger charge is -2.28. The number of halogens is 1. The van der Waals surface area contributed by atoms with Crippen LogP contribution in [0.5, 0.6) is 5.75 Å². The highest BCUT2D eigenvalue weighted by Gasteiger charge is 2.23. The van der Waals surface area contributed by atoms with E-state index in [4.69, 9.17) is 16.3 Å². The smallest absolute Gasteiger partial charge is 0.120 e. The molecule has 1 atom stereocenters. The molecule has 1 aliphatic rings. The van der Waals surface area contributed by atoms with Gasteiger partial charge < -0.3 is 9.84 Å². The quantitative estimate of drug-likeness (QED) is 0.877. The molecular formula is C15H21ClO2. The van der Waals surface area contributed by atoms with E-state index in [0.29, 0.717) is 17.5 Å². The Bertz CT molecular complexity index is 361. The normalized spacial score (nSPS) is 18.6. The molecule has 3 heteroatoms. The van der Waals surface area contributed by atoms with E-state index in [1.54, 1.807) is 0 Å². The van der Waals surface area contributed by atoms with Crippen LogP contribution in [-0.4, -0.2) is 18.3 Å². The number of aliphatic hydroxyl groups excluding tert-OH is 1. The number of ether oxygens (including phenoxy) is 1. The topological polar surface area (TPSA) is 29.5 Å². The molecule has 2 nitrogen and oxygen atoms in total. The molecule has 0 amide bonds. The maximum absolute atomic E-state index is 9.50. The predicted octanol–water partition coefficient (Wildman–Crippen LogP) is 3.91. The minimum absolute atomic E-state index is 0.214. The molecule has 0 bridgehead atoms. The molecule has 0 saturated heterocycles. The van der Waals surface area contributed by atoms with Gasteiger partial charge in [0.15, 0.2) is 0 Å². The Hall–Kier alpha value is -0.730. The molecule has 100 valence electrons. The van der Waals surface area contributed by atoms with Crippen molar-refractivity contribution in [1.82, 2.24) is 0 Å². The van der Waals surface area contributed by atoms with E-state index in [0.717, 1.165) is 5.75 Å². The molecule has 1 aromatic rings. The fourth-order valence-corrected chi connectivity index (χ4v) is 2.88. The fraction of sp³-hybridized carbons (Fsp3) is 0.600. The number of aliphatic hydroxyl groups is 1. The van der Waals surface area contributed by atoms with E-state index in [-0.39, 0.29) is 12.5 Å². The van der Waals surface area contributed by atoms with E-state index in [9.17, 15) is 5.11 Å². The zero-order valence-corrected chi connectivity index (χ0v) is 11.4. The van der Waals surface area contributed by atoms with Crippen molar-refractivity contribution < 1.29 is 9.84 Å². The van der Waals surface area contributed by atoms with Crippen LogP contribution in [0.2, 0.25) is 5.02 Å². The SMILES string of the molecule is OCC(COc1cccc(Cl)c1)C1CCCCC1. The van der Waals surface area contributed by atoms with E-state index >= 15 is 0 Å². The molecule has 0 spiro atoms. The molecule has 18 heavy (non-hydrogen) atoms. The number of hydrogen-bond donors (Lipinski definition) is 1. The van der Waals surface area contributed by atoms with Gasteiger partial charge in [0.2, 0.25) is 0 Å².